The Bertz CT molecular complexity index is 1870. The van der Waals surface area contributed by atoms with Crippen molar-refractivity contribution in [1.29, 1.82) is 0 Å². The van der Waals surface area contributed by atoms with Gasteiger partial charge in [0.15, 0.2) is 5.92 Å². The minimum absolute atomic E-state index is 0.00324. The molecule has 2 atom stereocenters. The number of nitro groups is 1. The van der Waals surface area contributed by atoms with Crippen molar-refractivity contribution in [3.8, 4) is 0 Å². The molecule has 1 aliphatic carbocycles. The lowest BCUT2D eigenvalue weighted by atomic mass is 9.75. The molecule has 1 saturated heterocycles. The number of ether oxygens (including phenoxy) is 3. The number of nitrogens with one attached hydrogen (secondary N) is 1. The molecule has 6 rings (SSSR count). The normalized spacial score (nSPS) is 17.2. The number of aromatic nitrogens is 2. The van der Waals surface area contributed by atoms with Crippen LogP contribution in [0.25, 0.3) is 0 Å². The number of amides is 1. The van der Waals surface area contributed by atoms with Gasteiger partial charge in [-0.2, -0.15) is 5.10 Å². The number of nitro benzene ring substituents is 1. The Balaban J connectivity index is 1.35. The molecule has 2 aliphatic rings. The van der Waals surface area contributed by atoms with E-state index in [0.29, 0.717) is 25.0 Å². The zero-order valence-corrected chi connectivity index (χ0v) is 28.1. The van der Waals surface area contributed by atoms with Crippen molar-refractivity contribution < 1.29 is 33.5 Å². The van der Waals surface area contributed by atoms with Gasteiger partial charge in [0.2, 0.25) is 5.78 Å². The van der Waals surface area contributed by atoms with Crippen LogP contribution in [0.3, 0.4) is 0 Å². The Labute approximate surface area is 289 Å². The second-order valence-electron chi connectivity index (χ2n) is 13.5. The maximum absolute atomic E-state index is 14.7. The Hall–Kier alpha value is -5.36. The summed E-state index contributed by atoms with van der Waals surface area (Å²) < 4.78 is 18.8. The Morgan fingerprint density at radius 2 is 1.68 bits per heavy atom. The van der Waals surface area contributed by atoms with Gasteiger partial charge >= 0.3 is 12.1 Å². The molecule has 12 nitrogen and oxygen atoms in total. The van der Waals surface area contributed by atoms with Gasteiger partial charge in [0.25, 0.3) is 5.69 Å². The maximum atomic E-state index is 14.7. The highest BCUT2D eigenvalue weighted by molar-refractivity contribution is 6.13. The summed E-state index contributed by atoms with van der Waals surface area (Å²) in [5.41, 5.74) is 2.46. The summed E-state index contributed by atoms with van der Waals surface area (Å²) in [6.07, 6.45) is 3.46. The molecule has 4 aromatic rings. The first-order valence-corrected chi connectivity index (χ1v) is 16.8. The lowest BCUT2D eigenvalue weighted by Gasteiger charge is -2.32. The fraction of sp³-hybridized carbons (Fsp3) is 0.368. The Kier molecular flexibility index (Phi) is 10.4. The van der Waals surface area contributed by atoms with E-state index < -0.39 is 34.4 Å². The van der Waals surface area contributed by atoms with Gasteiger partial charge in [-0.3, -0.25) is 25.0 Å². The van der Waals surface area contributed by atoms with Gasteiger partial charge in [-0.1, -0.05) is 74.5 Å². The lowest BCUT2D eigenvalue weighted by molar-refractivity contribution is -0.385. The van der Waals surface area contributed by atoms with E-state index >= 15 is 0 Å². The molecule has 0 bridgehead atoms. The summed E-state index contributed by atoms with van der Waals surface area (Å²) >= 11 is 0. The first-order valence-electron chi connectivity index (χ1n) is 16.8. The van der Waals surface area contributed by atoms with Gasteiger partial charge in [-0.25, -0.2) is 9.48 Å². The van der Waals surface area contributed by atoms with Crippen molar-refractivity contribution in [2.24, 2.45) is 5.41 Å². The van der Waals surface area contributed by atoms with E-state index in [-0.39, 0.29) is 41.8 Å². The number of Topliss-reactive ketones (excluding diaryl/α,β-unsaturated/α-hetero) is 1. The Morgan fingerprint density at radius 3 is 2.32 bits per heavy atom. The van der Waals surface area contributed by atoms with Gasteiger partial charge in [-0.05, 0) is 67.2 Å². The van der Waals surface area contributed by atoms with E-state index in [1.807, 2.05) is 24.3 Å². The summed E-state index contributed by atoms with van der Waals surface area (Å²) in [5.74, 6) is -3.34. The molecule has 1 amide bonds. The third kappa shape index (κ3) is 7.92. The number of fused-ring (bicyclic) bond motifs is 1. The number of carbonyl (C=O) groups excluding carboxylic acids is 3. The number of ketones is 1. The van der Waals surface area contributed by atoms with Crippen LogP contribution in [-0.2, 0) is 45.1 Å². The van der Waals surface area contributed by atoms with E-state index in [4.69, 9.17) is 19.3 Å². The first kappa shape index (κ1) is 34.5. The molecule has 1 aliphatic heterocycles. The molecule has 1 fully saturated rings. The molecular weight excluding hydrogens is 640 g/mol. The van der Waals surface area contributed by atoms with Crippen molar-refractivity contribution in [2.75, 3.05) is 11.9 Å². The molecule has 2 unspecified atom stereocenters. The minimum atomic E-state index is -1.70. The fourth-order valence-electron chi connectivity index (χ4n) is 6.54. The topological polar surface area (TPSA) is 152 Å². The highest BCUT2D eigenvalue weighted by atomic mass is 16.6. The molecule has 0 radical (unpaired) electrons. The SMILES string of the molecule is CC1(C)CCc2c(C(=O)C(C(=O)OCc3ccccc3)c3ccc(NC(=O)OCc4ccccc4)cc3[N+](=O)[O-])nn(C3CCCCO3)c2C1. The van der Waals surface area contributed by atoms with E-state index in [9.17, 15) is 24.5 Å². The molecule has 1 N–H and O–H groups in total. The van der Waals surface area contributed by atoms with E-state index in [1.165, 1.54) is 12.1 Å². The van der Waals surface area contributed by atoms with E-state index in [0.717, 1.165) is 48.6 Å². The average Bonchev–Trinajstić information content (AvgIpc) is 3.49. The van der Waals surface area contributed by atoms with Crippen molar-refractivity contribution in [3.63, 3.8) is 0 Å². The van der Waals surface area contributed by atoms with Crippen LogP contribution < -0.4 is 5.32 Å². The zero-order valence-electron chi connectivity index (χ0n) is 28.1. The van der Waals surface area contributed by atoms with Crippen LogP contribution in [0, 0.1) is 15.5 Å². The molecule has 2 heterocycles. The Morgan fingerprint density at radius 1 is 1.00 bits per heavy atom. The molecule has 0 spiro atoms. The predicted molar refractivity (Wildman–Crippen MR) is 184 cm³/mol. The number of hydrogen-bond acceptors (Lipinski definition) is 9. The highest BCUT2D eigenvalue weighted by Gasteiger charge is 2.42. The third-order valence-electron chi connectivity index (χ3n) is 9.20. The molecule has 1 aromatic heterocycles. The summed E-state index contributed by atoms with van der Waals surface area (Å²) in [5, 5.41) is 19.8. The quantitative estimate of drug-likeness (QED) is 0.0559. The van der Waals surface area contributed by atoms with Crippen LogP contribution in [0.15, 0.2) is 78.9 Å². The van der Waals surface area contributed by atoms with Crippen LogP contribution in [0.1, 0.15) is 90.1 Å². The number of hydrogen-bond donors (Lipinski definition) is 1. The second-order valence-corrected chi connectivity index (χ2v) is 13.5. The van der Waals surface area contributed by atoms with Gasteiger partial charge < -0.3 is 14.2 Å². The summed E-state index contributed by atoms with van der Waals surface area (Å²) in [6.45, 7) is 4.76. The number of esters is 1. The van der Waals surface area contributed by atoms with Gasteiger partial charge in [0, 0.05) is 23.9 Å². The van der Waals surface area contributed by atoms with Crippen LogP contribution >= 0.6 is 0 Å². The highest BCUT2D eigenvalue weighted by Crippen LogP contribution is 2.41. The van der Waals surface area contributed by atoms with Crippen LogP contribution in [0.2, 0.25) is 0 Å². The summed E-state index contributed by atoms with van der Waals surface area (Å²) in [6, 6.07) is 21.8. The molecule has 260 valence electrons. The van der Waals surface area contributed by atoms with Gasteiger partial charge in [0.05, 0.1) is 16.2 Å². The molecule has 50 heavy (non-hydrogen) atoms. The van der Waals surface area contributed by atoms with Crippen LogP contribution in [0.5, 0.6) is 0 Å². The smallest absolute Gasteiger partial charge is 0.411 e. The maximum Gasteiger partial charge on any atom is 0.411 e. The standard InChI is InChI=1S/C38H40N4O8/c1-38(2)19-18-29-31(22-38)41(32-15-9-10-20-48-32)40-34(29)35(43)33(36(44)49-23-25-11-5-3-6-12-25)28-17-16-27(21-30(28)42(46)47)39-37(45)50-24-26-13-7-4-8-14-26/h3-8,11-14,16-17,21,32-33H,9-10,15,18-20,22-24H2,1-2H3,(H,39,45). The average molecular weight is 681 g/mol. The van der Waals surface area contributed by atoms with Crippen LogP contribution in [-0.4, -0.2) is 39.2 Å². The predicted octanol–water partition coefficient (Wildman–Crippen LogP) is 7.46. The largest absolute Gasteiger partial charge is 0.460 e. The number of carbonyl (C=O) groups is 3. The number of nitrogens with zero attached hydrogens (tertiary/aromatic N) is 3. The summed E-state index contributed by atoms with van der Waals surface area (Å²) in [7, 11) is 0. The van der Waals surface area contributed by atoms with Crippen molar-refractivity contribution in [2.45, 2.75) is 77.7 Å². The summed E-state index contributed by atoms with van der Waals surface area (Å²) in [4.78, 5) is 53.0. The van der Waals surface area contributed by atoms with Crippen molar-refractivity contribution in [1.82, 2.24) is 9.78 Å². The molecule has 0 saturated carbocycles. The number of anilines is 1. The lowest BCUT2D eigenvalue weighted by Crippen LogP contribution is -2.28. The van der Waals surface area contributed by atoms with Gasteiger partial charge in [0.1, 0.15) is 25.1 Å². The third-order valence-corrected chi connectivity index (χ3v) is 9.20. The molecular formula is C38H40N4O8. The van der Waals surface area contributed by atoms with E-state index in [1.54, 1.807) is 41.1 Å². The fourth-order valence-corrected chi connectivity index (χ4v) is 6.54. The van der Waals surface area contributed by atoms with Crippen LogP contribution in [0.4, 0.5) is 16.2 Å². The minimum Gasteiger partial charge on any atom is -0.460 e. The van der Waals surface area contributed by atoms with Crippen molar-refractivity contribution in [3.05, 3.63) is 123 Å². The number of rotatable bonds is 11. The van der Waals surface area contributed by atoms with E-state index in [2.05, 4.69) is 19.2 Å². The van der Waals surface area contributed by atoms with Crippen molar-refractivity contribution >= 4 is 29.2 Å². The van der Waals surface area contributed by atoms with Gasteiger partial charge in [-0.15, -0.1) is 0 Å². The monoisotopic (exact) mass is 680 g/mol. The molecule has 3 aromatic carbocycles. The molecule has 12 heteroatoms. The number of benzene rings is 3. The second kappa shape index (κ2) is 15.0. The zero-order chi connectivity index (χ0) is 35.3. The first-order chi connectivity index (χ1) is 24.1.